The molecule has 2 aliphatic heterocycles. The topological polar surface area (TPSA) is 26.3 Å². The lowest BCUT2D eigenvalue weighted by Gasteiger charge is -2.06. The molecule has 0 saturated carbocycles. The van der Waals surface area contributed by atoms with Gasteiger partial charge in [0.15, 0.2) is 0 Å². The molecule has 3 rings (SSSR count). The third kappa shape index (κ3) is 0.835. The van der Waals surface area contributed by atoms with E-state index in [0.717, 1.165) is 17.4 Å². The van der Waals surface area contributed by atoms with Gasteiger partial charge in [-0.1, -0.05) is 24.3 Å². The molecular weight excluding hydrogens is 164 g/mol. The molecule has 2 heteroatoms. The number of aldehydes is 1. The summed E-state index contributed by atoms with van der Waals surface area (Å²) in [6, 6.07) is 5.73. The zero-order chi connectivity index (χ0) is 8.84. The van der Waals surface area contributed by atoms with Crippen molar-refractivity contribution in [1.29, 1.82) is 0 Å². The van der Waals surface area contributed by atoms with Crippen LogP contribution >= 0.6 is 0 Å². The molecule has 0 aromatic heterocycles. The molecule has 2 unspecified atom stereocenters. The van der Waals surface area contributed by atoms with E-state index in [1.54, 1.807) is 0 Å². The van der Waals surface area contributed by atoms with Gasteiger partial charge in [0.25, 0.3) is 0 Å². The maximum absolute atomic E-state index is 10.6. The minimum Gasteiger partial charge on any atom is -0.357 e. The number of hydrogen-bond acceptors (Lipinski definition) is 2. The highest BCUT2D eigenvalue weighted by Gasteiger charge is 2.33. The van der Waals surface area contributed by atoms with Gasteiger partial charge in [-0.3, -0.25) is 4.79 Å². The van der Waals surface area contributed by atoms with Crippen molar-refractivity contribution in [1.82, 2.24) is 0 Å². The smallest absolute Gasteiger partial charge is 0.150 e. The van der Waals surface area contributed by atoms with Gasteiger partial charge in [0.05, 0.1) is 0 Å². The Hall–Kier alpha value is -1.41. The van der Waals surface area contributed by atoms with Crippen LogP contribution in [-0.2, 0) is 4.74 Å². The SMILES string of the molecule is O=Cc1ccc2c(c1)C1C=CC2O1. The Morgan fingerprint density at radius 2 is 1.92 bits per heavy atom. The summed E-state index contributed by atoms with van der Waals surface area (Å²) in [5, 5.41) is 0. The van der Waals surface area contributed by atoms with Crippen LogP contribution < -0.4 is 0 Å². The zero-order valence-corrected chi connectivity index (χ0v) is 6.94. The van der Waals surface area contributed by atoms with Gasteiger partial charge >= 0.3 is 0 Å². The van der Waals surface area contributed by atoms with E-state index in [-0.39, 0.29) is 12.2 Å². The summed E-state index contributed by atoms with van der Waals surface area (Å²) in [4.78, 5) is 10.6. The van der Waals surface area contributed by atoms with Crippen LogP contribution in [0.15, 0.2) is 30.4 Å². The predicted molar refractivity (Wildman–Crippen MR) is 47.5 cm³/mol. The third-order valence-corrected chi connectivity index (χ3v) is 2.61. The Morgan fingerprint density at radius 3 is 2.69 bits per heavy atom. The fourth-order valence-electron chi connectivity index (χ4n) is 1.98. The molecule has 2 bridgehead atoms. The molecule has 2 heterocycles. The van der Waals surface area contributed by atoms with E-state index < -0.39 is 0 Å². The Labute approximate surface area is 75.8 Å². The molecule has 13 heavy (non-hydrogen) atoms. The normalized spacial score (nSPS) is 27.7. The van der Waals surface area contributed by atoms with E-state index in [4.69, 9.17) is 4.74 Å². The van der Waals surface area contributed by atoms with Gasteiger partial charge in [0.2, 0.25) is 0 Å². The van der Waals surface area contributed by atoms with Gasteiger partial charge in [-0.25, -0.2) is 0 Å². The molecule has 0 fully saturated rings. The van der Waals surface area contributed by atoms with Gasteiger partial charge in [0, 0.05) is 5.56 Å². The number of carbonyl (C=O) groups is 1. The highest BCUT2D eigenvalue weighted by molar-refractivity contribution is 5.75. The predicted octanol–water partition coefficient (Wildman–Crippen LogP) is 2.18. The first-order valence-electron chi connectivity index (χ1n) is 4.31. The van der Waals surface area contributed by atoms with Crippen molar-refractivity contribution in [2.75, 3.05) is 0 Å². The molecule has 0 saturated heterocycles. The van der Waals surface area contributed by atoms with Crippen molar-refractivity contribution < 1.29 is 9.53 Å². The highest BCUT2D eigenvalue weighted by atomic mass is 16.5. The van der Waals surface area contributed by atoms with E-state index >= 15 is 0 Å². The lowest BCUT2D eigenvalue weighted by Crippen LogP contribution is -1.94. The average molecular weight is 172 g/mol. The summed E-state index contributed by atoms with van der Waals surface area (Å²) >= 11 is 0. The second kappa shape index (κ2) is 2.30. The van der Waals surface area contributed by atoms with Gasteiger partial charge in [0.1, 0.15) is 18.5 Å². The first kappa shape index (κ1) is 7.04. The second-order valence-corrected chi connectivity index (χ2v) is 3.37. The lowest BCUT2D eigenvalue weighted by molar-refractivity contribution is 0.0878. The van der Waals surface area contributed by atoms with E-state index in [2.05, 4.69) is 6.08 Å². The Morgan fingerprint density at radius 1 is 1.15 bits per heavy atom. The number of fused-ring (bicyclic) bond motifs is 5. The van der Waals surface area contributed by atoms with Gasteiger partial charge in [-0.05, 0) is 17.2 Å². The Bertz CT molecular complexity index is 407. The quantitative estimate of drug-likeness (QED) is 0.479. The minimum atomic E-state index is 0.0832. The van der Waals surface area contributed by atoms with Crippen molar-refractivity contribution in [3.05, 3.63) is 47.0 Å². The van der Waals surface area contributed by atoms with Crippen molar-refractivity contribution in [2.24, 2.45) is 0 Å². The molecule has 0 radical (unpaired) electrons. The first-order valence-corrected chi connectivity index (χ1v) is 4.31. The first-order chi connectivity index (χ1) is 6.38. The van der Waals surface area contributed by atoms with Crippen molar-refractivity contribution in [2.45, 2.75) is 12.2 Å². The second-order valence-electron chi connectivity index (χ2n) is 3.37. The van der Waals surface area contributed by atoms with Crippen LogP contribution in [0.25, 0.3) is 0 Å². The van der Waals surface area contributed by atoms with Crippen LogP contribution in [0.2, 0.25) is 0 Å². The molecule has 64 valence electrons. The van der Waals surface area contributed by atoms with Gasteiger partial charge in [-0.2, -0.15) is 0 Å². The van der Waals surface area contributed by atoms with Crippen LogP contribution in [0.5, 0.6) is 0 Å². The maximum Gasteiger partial charge on any atom is 0.150 e. The standard InChI is InChI=1S/C11H8O2/c12-6-7-1-2-8-9(5-7)11-4-3-10(8)13-11/h1-6,10-11H. The molecular formula is C11H8O2. The van der Waals surface area contributed by atoms with Gasteiger partial charge < -0.3 is 4.74 Å². The summed E-state index contributed by atoms with van der Waals surface area (Å²) in [6.45, 7) is 0. The molecule has 0 N–H and O–H groups in total. The summed E-state index contributed by atoms with van der Waals surface area (Å²) in [7, 11) is 0. The zero-order valence-electron chi connectivity index (χ0n) is 6.94. The fourth-order valence-corrected chi connectivity index (χ4v) is 1.98. The van der Waals surface area contributed by atoms with Crippen LogP contribution in [0.3, 0.4) is 0 Å². The third-order valence-electron chi connectivity index (χ3n) is 2.61. The van der Waals surface area contributed by atoms with E-state index in [0.29, 0.717) is 0 Å². The molecule has 2 nitrogen and oxygen atoms in total. The molecule has 2 atom stereocenters. The molecule has 0 spiro atoms. The molecule has 0 aliphatic carbocycles. The molecule has 1 aromatic carbocycles. The summed E-state index contributed by atoms with van der Waals surface area (Å²) in [5.41, 5.74) is 3.08. The number of ether oxygens (including phenoxy) is 1. The Balaban J connectivity index is 2.19. The monoisotopic (exact) mass is 172 g/mol. The van der Waals surface area contributed by atoms with Crippen molar-refractivity contribution in [3.8, 4) is 0 Å². The molecule has 1 aromatic rings. The van der Waals surface area contributed by atoms with E-state index in [1.807, 2.05) is 24.3 Å². The van der Waals surface area contributed by atoms with Crippen molar-refractivity contribution >= 4 is 6.29 Å². The number of carbonyl (C=O) groups excluding carboxylic acids is 1. The average Bonchev–Trinajstić information content (AvgIpc) is 2.77. The number of rotatable bonds is 1. The van der Waals surface area contributed by atoms with E-state index in [9.17, 15) is 4.79 Å². The maximum atomic E-state index is 10.6. The Kier molecular flexibility index (Phi) is 1.24. The lowest BCUT2D eigenvalue weighted by atomic mass is 9.95. The minimum absolute atomic E-state index is 0.0832. The summed E-state index contributed by atoms with van der Waals surface area (Å²) in [6.07, 6.45) is 5.19. The van der Waals surface area contributed by atoms with Gasteiger partial charge in [-0.15, -0.1) is 0 Å². The number of hydrogen-bond donors (Lipinski definition) is 0. The summed E-state index contributed by atoms with van der Waals surface area (Å²) in [5.74, 6) is 0. The summed E-state index contributed by atoms with van der Waals surface area (Å²) < 4.78 is 5.62. The highest BCUT2D eigenvalue weighted by Crippen LogP contribution is 2.45. The van der Waals surface area contributed by atoms with Crippen LogP contribution in [0.4, 0.5) is 0 Å². The van der Waals surface area contributed by atoms with E-state index in [1.165, 1.54) is 5.56 Å². The van der Waals surface area contributed by atoms with Crippen LogP contribution in [-0.4, -0.2) is 6.29 Å². The van der Waals surface area contributed by atoms with Crippen molar-refractivity contribution in [3.63, 3.8) is 0 Å². The molecule has 0 amide bonds. The van der Waals surface area contributed by atoms with Crippen LogP contribution in [0, 0.1) is 0 Å². The molecule has 2 aliphatic rings. The number of benzene rings is 1. The largest absolute Gasteiger partial charge is 0.357 e. The fraction of sp³-hybridized carbons (Fsp3) is 0.182. The van der Waals surface area contributed by atoms with Crippen LogP contribution in [0.1, 0.15) is 33.7 Å².